The van der Waals surface area contributed by atoms with Gasteiger partial charge in [-0.05, 0) is 67.6 Å². The van der Waals surface area contributed by atoms with E-state index in [4.69, 9.17) is 0 Å². The van der Waals surface area contributed by atoms with Crippen molar-refractivity contribution in [2.24, 2.45) is 4.99 Å². The van der Waals surface area contributed by atoms with Crippen molar-refractivity contribution in [3.63, 3.8) is 0 Å². The Morgan fingerprint density at radius 1 is 0.821 bits per heavy atom. The molecule has 28 heavy (non-hydrogen) atoms. The fourth-order valence-electron chi connectivity index (χ4n) is 3.32. The van der Waals surface area contributed by atoms with Crippen molar-refractivity contribution in [1.29, 1.82) is 0 Å². The van der Waals surface area contributed by atoms with Gasteiger partial charge in [-0.3, -0.25) is 9.89 Å². The molecule has 1 aliphatic carbocycles. The summed E-state index contributed by atoms with van der Waals surface area (Å²) in [7, 11) is 8.33. The molecule has 0 bridgehead atoms. The van der Waals surface area contributed by atoms with Gasteiger partial charge in [0.05, 0.1) is 5.69 Å². The lowest BCUT2D eigenvalue weighted by Crippen LogP contribution is -2.24. The molecule has 0 N–H and O–H groups in total. The molecule has 0 aliphatic heterocycles. The van der Waals surface area contributed by atoms with Crippen LogP contribution in [0.4, 0.5) is 11.4 Å². The normalized spacial score (nSPS) is 16.2. The van der Waals surface area contributed by atoms with Crippen LogP contribution in [0.15, 0.2) is 83.4 Å². The van der Waals surface area contributed by atoms with E-state index in [0.717, 1.165) is 5.69 Å². The molecule has 3 nitrogen and oxygen atoms in total. The van der Waals surface area contributed by atoms with Crippen LogP contribution in [0.2, 0.25) is 0 Å². The van der Waals surface area contributed by atoms with Gasteiger partial charge in [0.2, 0.25) is 0 Å². The summed E-state index contributed by atoms with van der Waals surface area (Å²) >= 11 is 0. The second-order valence-corrected chi connectivity index (χ2v) is 7.38. The molecule has 0 fully saturated rings. The first-order valence-electron chi connectivity index (χ1n) is 9.63. The number of nitrogens with zero attached hydrogens (tertiary/aromatic N) is 3. The Hall–Kier alpha value is -2.91. The highest BCUT2D eigenvalue weighted by atomic mass is 15.1. The second kappa shape index (κ2) is 8.85. The number of allylic oxidation sites excluding steroid dienone is 3. The molecule has 0 aromatic heterocycles. The summed E-state index contributed by atoms with van der Waals surface area (Å²) in [5, 5.41) is 0. The number of hydrogen-bond donors (Lipinski definition) is 0. The van der Waals surface area contributed by atoms with Gasteiger partial charge in [-0.2, -0.15) is 0 Å². The van der Waals surface area contributed by atoms with Crippen LogP contribution in [0.25, 0.3) is 5.57 Å². The van der Waals surface area contributed by atoms with Gasteiger partial charge in [-0.1, -0.05) is 48.6 Å². The van der Waals surface area contributed by atoms with Crippen LogP contribution in [0.3, 0.4) is 0 Å². The molecule has 0 atom stereocenters. The number of benzene rings is 2. The molecule has 0 amide bonds. The summed E-state index contributed by atoms with van der Waals surface area (Å²) in [4.78, 5) is 8.70. The summed E-state index contributed by atoms with van der Waals surface area (Å²) in [6.45, 7) is 1.94. The van der Waals surface area contributed by atoms with Crippen LogP contribution < -0.4 is 4.90 Å². The van der Waals surface area contributed by atoms with E-state index in [1.54, 1.807) is 0 Å². The summed E-state index contributed by atoms with van der Waals surface area (Å²) < 4.78 is 0. The monoisotopic (exact) mass is 371 g/mol. The lowest BCUT2D eigenvalue weighted by molar-refractivity contribution is 0.390. The zero-order chi connectivity index (χ0) is 20.1. The van der Waals surface area contributed by atoms with Gasteiger partial charge >= 0.3 is 0 Å². The van der Waals surface area contributed by atoms with Gasteiger partial charge in [0, 0.05) is 32.0 Å². The fourth-order valence-corrected chi connectivity index (χ4v) is 3.32. The Morgan fingerprint density at radius 2 is 1.36 bits per heavy atom. The van der Waals surface area contributed by atoms with Crippen LogP contribution in [0, 0.1) is 0 Å². The quantitative estimate of drug-likeness (QED) is 0.661. The average molecular weight is 372 g/mol. The van der Waals surface area contributed by atoms with Gasteiger partial charge in [-0.15, -0.1) is 0 Å². The van der Waals surface area contributed by atoms with Gasteiger partial charge in [0.1, 0.15) is 0 Å². The first-order valence-corrected chi connectivity index (χ1v) is 9.63. The van der Waals surface area contributed by atoms with Crippen molar-refractivity contribution >= 4 is 23.2 Å². The minimum atomic E-state index is 0.336. The summed E-state index contributed by atoms with van der Waals surface area (Å²) in [6, 6.07) is 17.5. The first kappa shape index (κ1) is 19.8. The molecule has 1 aliphatic rings. The summed E-state index contributed by atoms with van der Waals surface area (Å²) in [5.41, 5.74) is 7.04. The van der Waals surface area contributed by atoms with Crippen LogP contribution in [0.1, 0.15) is 18.1 Å². The predicted molar refractivity (Wildman–Crippen MR) is 123 cm³/mol. The number of likely N-dealkylation sites (N-methyl/N-ethyl adjacent to an activating group) is 1. The van der Waals surface area contributed by atoms with E-state index < -0.39 is 0 Å². The first-order chi connectivity index (χ1) is 13.5. The van der Waals surface area contributed by atoms with Crippen molar-refractivity contribution in [3.05, 3.63) is 89.5 Å². The minimum absolute atomic E-state index is 0.336. The van der Waals surface area contributed by atoms with Crippen molar-refractivity contribution in [2.45, 2.75) is 13.0 Å². The molecule has 3 rings (SSSR count). The number of anilines is 1. The lowest BCUT2D eigenvalue weighted by atomic mass is 9.90. The van der Waals surface area contributed by atoms with Crippen molar-refractivity contribution in [3.8, 4) is 0 Å². The summed E-state index contributed by atoms with van der Waals surface area (Å²) in [6.07, 6.45) is 10.8. The minimum Gasteiger partial charge on any atom is -0.378 e. The van der Waals surface area contributed by atoms with Gasteiger partial charge in [0.25, 0.3) is 0 Å². The van der Waals surface area contributed by atoms with E-state index in [1.807, 2.05) is 13.1 Å². The molecule has 2 aromatic rings. The average Bonchev–Trinajstić information content (AvgIpc) is 2.70. The zero-order valence-corrected chi connectivity index (χ0v) is 17.4. The molecule has 0 saturated carbocycles. The van der Waals surface area contributed by atoms with Crippen molar-refractivity contribution in [2.75, 3.05) is 33.1 Å². The Kier molecular flexibility index (Phi) is 6.27. The molecule has 3 heteroatoms. The topological polar surface area (TPSA) is 18.8 Å². The molecule has 0 saturated heterocycles. The smallest absolute Gasteiger partial charge is 0.0625 e. The van der Waals surface area contributed by atoms with Crippen LogP contribution in [0.5, 0.6) is 0 Å². The molecule has 144 valence electrons. The Morgan fingerprint density at radius 3 is 1.82 bits per heavy atom. The van der Waals surface area contributed by atoms with E-state index in [1.165, 1.54) is 28.0 Å². The van der Waals surface area contributed by atoms with Gasteiger partial charge in [-0.25, -0.2) is 0 Å². The molecule has 0 heterocycles. The van der Waals surface area contributed by atoms with Crippen LogP contribution in [-0.4, -0.2) is 45.3 Å². The third-order valence-corrected chi connectivity index (χ3v) is 4.94. The molecule has 0 radical (unpaired) electrons. The predicted octanol–water partition coefficient (Wildman–Crippen LogP) is 5.33. The zero-order valence-electron chi connectivity index (χ0n) is 17.4. The van der Waals surface area contributed by atoms with E-state index >= 15 is 0 Å². The maximum Gasteiger partial charge on any atom is 0.0625 e. The SMILES string of the molecule is C/C=N/c1ccc(C(=C2C=CC(N(C)C)C=C2)c2ccc(N(C)C)cc2)cc1. The number of hydrogen-bond acceptors (Lipinski definition) is 3. The van der Waals surface area contributed by atoms with E-state index in [0.29, 0.717) is 6.04 Å². The second-order valence-electron chi connectivity index (χ2n) is 7.38. The Labute approximate surface area is 169 Å². The maximum absolute atomic E-state index is 4.37. The third-order valence-electron chi connectivity index (χ3n) is 4.94. The van der Waals surface area contributed by atoms with Crippen molar-refractivity contribution < 1.29 is 0 Å². The molecule has 2 aromatic carbocycles. The largest absolute Gasteiger partial charge is 0.378 e. The van der Waals surface area contributed by atoms with E-state index in [9.17, 15) is 0 Å². The highest BCUT2D eigenvalue weighted by molar-refractivity contribution is 5.86. The van der Waals surface area contributed by atoms with Crippen LogP contribution >= 0.6 is 0 Å². The van der Waals surface area contributed by atoms with Crippen molar-refractivity contribution in [1.82, 2.24) is 4.90 Å². The molecular weight excluding hydrogens is 342 g/mol. The highest BCUT2D eigenvalue weighted by Crippen LogP contribution is 2.32. The summed E-state index contributed by atoms with van der Waals surface area (Å²) in [5.74, 6) is 0. The van der Waals surface area contributed by atoms with Gasteiger partial charge in [0.15, 0.2) is 0 Å². The fraction of sp³-hybridized carbons (Fsp3) is 0.240. The number of rotatable bonds is 5. The molecule has 0 unspecified atom stereocenters. The third kappa shape index (κ3) is 4.49. The molecule has 0 spiro atoms. The van der Waals surface area contributed by atoms with E-state index in [2.05, 4.69) is 116 Å². The number of aliphatic imine (C=N–C) groups is 1. The lowest BCUT2D eigenvalue weighted by Gasteiger charge is -2.22. The van der Waals surface area contributed by atoms with Crippen LogP contribution in [-0.2, 0) is 0 Å². The molecular formula is C25H29N3. The highest BCUT2D eigenvalue weighted by Gasteiger charge is 2.14. The standard InChI is InChI=1S/C25H29N3/c1-6-26-22-13-7-19(8-14-22)25(20-9-15-23(16-10-20)27(2)3)21-11-17-24(18-12-21)28(4)5/h6-18,23H,1-5H3/b25-20?,26-6+. The van der Waals surface area contributed by atoms with E-state index in [-0.39, 0.29) is 0 Å². The maximum atomic E-state index is 4.37. The Balaban J connectivity index is 2.08. The van der Waals surface area contributed by atoms with Gasteiger partial charge < -0.3 is 4.90 Å². The Bertz CT molecular complexity index is 895.